The zero-order chi connectivity index (χ0) is 26.0. The second-order valence-corrected chi connectivity index (χ2v) is 9.42. The predicted octanol–water partition coefficient (Wildman–Crippen LogP) is 5.31. The third kappa shape index (κ3) is 5.27. The van der Waals surface area contributed by atoms with Crippen LogP contribution in [0.5, 0.6) is 5.75 Å². The number of nitro groups is 1. The molecule has 0 bridgehead atoms. The molecule has 3 aromatic rings. The average molecular weight is 486 g/mol. The fourth-order valence-electron chi connectivity index (χ4n) is 4.27. The van der Waals surface area contributed by atoms with Crippen molar-refractivity contribution < 1.29 is 19.2 Å². The van der Waals surface area contributed by atoms with Gasteiger partial charge in [0.2, 0.25) is 0 Å². The number of carbonyl (C=O) groups is 2. The lowest BCUT2D eigenvalue weighted by molar-refractivity contribution is -0.385. The number of nitrogens with zero attached hydrogens (tertiary/aromatic N) is 1. The van der Waals surface area contributed by atoms with E-state index in [1.165, 1.54) is 18.2 Å². The molecule has 1 aliphatic heterocycles. The van der Waals surface area contributed by atoms with E-state index < -0.39 is 10.8 Å². The van der Waals surface area contributed by atoms with Crippen LogP contribution in [0.1, 0.15) is 51.3 Å². The minimum atomic E-state index is -0.521. The van der Waals surface area contributed by atoms with Crippen LogP contribution in [-0.2, 0) is 6.42 Å². The number of anilines is 1. The van der Waals surface area contributed by atoms with Crippen LogP contribution in [0.4, 0.5) is 11.4 Å². The molecule has 8 nitrogen and oxygen atoms in total. The highest BCUT2D eigenvalue weighted by Crippen LogP contribution is 2.32. The van der Waals surface area contributed by atoms with Gasteiger partial charge in [-0.25, -0.2) is 0 Å². The molecule has 0 spiro atoms. The molecule has 0 aromatic heterocycles. The van der Waals surface area contributed by atoms with Gasteiger partial charge in [0.05, 0.1) is 12.0 Å². The van der Waals surface area contributed by atoms with Crippen molar-refractivity contribution in [2.24, 2.45) is 0 Å². The second-order valence-electron chi connectivity index (χ2n) is 9.42. The molecule has 3 aromatic carbocycles. The molecule has 8 heteroatoms. The molecule has 4 rings (SSSR count). The Bertz CT molecular complexity index is 1410. The SMILES string of the molecule is COc1ccc2c(c1)C(=CC(=O)c1cccc(NC(=O)c3ccc(C)c([N+](=O)[O-])c3)c1)NC(C)(C)C2. The number of ether oxygens (including phenoxy) is 1. The van der Waals surface area contributed by atoms with E-state index in [-0.39, 0.29) is 22.6 Å². The molecule has 184 valence electrons. The lowest BCUT2D eigenvalue weighted by Crippen LogP contribution is -2.43. The van der Waals surface area contributed by atoms with E-state index in [2.05, 4.69) is 24.5 Å². The summed E-state index contributed by atoms with van der Waals surface area (Å²) in [6.45, 7) is 5.76. The summed E-state index contributed by atoms with van der Waals surface area (Å²) in [4.78, 5) is 36.6. The van der Waals surface area contributed by atoms with Crippen LogP contribution in [0.3, 0.4) is 0 Å². The van der Waals surface area contributed by atoms with E-state index in [1.54, 1.807) is 44.4 Å². The van der Waals surface area contributed by atoms with Gasteiger partial charge in [0.25, 0.3) is 11.6 Å². The molecular weight excluding hydrogens is 458 g/mol. The number of fused-ring (bicyclic) bond motifs is 1. The fraction of sp³-hybridized carbons (Fsp3) is 0.214. The maximum Gasteiger partial charge on any atom is 0.273 e. The molecule has 36 heavy (non-hydrogen) atoms. The lowest BCUT2D eigenvalue weighted by atomic mass is 9.85. The van der Waals surface area contributed by atoms with Crippen LogP contribution < -0.4 is 15.4 Å². The van der Waals surface area contributed by atoms with Crippen molar-refractivity contribution >= 4 is 28.8 Å². The maximum absolute atomic E-state index is 13.2. The summed E-state index contributed by atoms with van der Waals surface area (Å²) >= 11 is 0. The highest BCUT2D eigenvalue weighted by atomic mass is 16.6. The van der Waals surface area contributed by atoms with Crippen molar-refractivity contribution in [1.29, 1.82) is 0 Å². The van der Waals surface area contributed by atoms with Crippen molar-refractivity contribution in [3.05, 3.63) is 105 Å². The molecular formula is C28H27N3O5. The smallest absolute Gasteiger partial charge is 0.273 e. The molecule has 0 radical (unpaired) electrons. The molecule has 1 aliphatic rings. The maximum atomic E-state index is 13.2. The highest BCUT2D eigenvalue weighted by Gasteiger charge is 2.28. The van der Waals surface area contributed by atoms with Crippen LogP contribution in [-0.4, -0.2) is 29.3 Å². The first-order valence-corrected chi connectivity index (χ1v) is 11.4. The molecule has 1 amide bonds. The molecule has 1 heterocycles. The van der Waals surface area contributed by atoms with Crippen molar-refractivity contribution in [3.8, 4) is 5.75 Å². The number of carbonyl (C=O) groups excluding carboxylic acids is 2. The third-order valence-corrected chi connectivity index (χ3v) is 6.06. The zero-order valence-electron chi connectivity index (χ0n) is 20.5. The number of amides is 1. The standard InChI is InChI=1S/C28H27N3O5/c1-17-8-9-19(13-25(17)31(34)35)27(33)29-21-7-5-6-18(12-21)26(32)15-24-23-14-22(36-4)11-10-20(23)16-28(2,3)30-24/h5-15,30H,16H2,1-4H3,(H,29,33). The number of methoxy groups -OCH3 is 1. The summed E-state index contributed by atoms with van der Waals surface area (Å²) in [6.07, 6.45) is 2.36. The first kappa shape index (κ1) is 24.7. The van der Waals surface area contributed by atoms with Gasteiger partial charge in [-0.05, 0) is 63.1 Å². The van der Waals surface area contributed by atoms with Gasteiger partial charge >= 0.3 is 0 Å². The summed E-state index contributed by atoms with van der Waals surface area (Å²) in [5.41, 5.74) is 3.79. The summed E-state index contributed by atoms with van der Waals surface area (Å²) in [7, 11) is 1.60. The molecule has 2 N–H and O–H groups in total. The zero-order valence-corrected chi connectivity index (χ0v) is 20.5. The number of hydrogen-bond donors (Lipinski definition) is 2. The van der Waals surface area contributed by atoms with Crippen LogP contribution in [0.15, 0.2) is 66.7 Å². The number of nitro benzene ring substituents is 1. The Balaban J connectivity index is 1.60. The number of rotatable bonds is 6. The van der Waals surface area contributed by atoms with Crippen molar-refractivity contribution in [2.45, 2.75) is 32.7 Å². The number of benzene rings is 3. The van der Waals surface area contributed by atoms with Gasteiger partial charge < -0.3 is 15.4 Å². The number of hydrogen-bond acceptors (Lipinski definition) is 6. The van der Waals surface area contributed by atoms with Crippen molar-refractivity contribution in [2.75, 3.05) is 12.4 Å². The quantitative estimate of drug-likeness (QED) is 0.212. The van der Waals surface area contributed by atoms with E-state index in [1.807, 2.05) is 18.2 Å². The largest absolute Gasteiger partial charge is 0.497 e. The molecule has 0 saturated carbocycles. The minimum absolute atomic E-state index is 0.127. The van der Waals surface area contributed by atoms with Crippen LogP contribution in [0.2, 0.25) is 0 Å². The first-order valence-electron chi connectivity index (χ1n) is 11.4. The van der Waals surface area contributed by atoms with Crippen LogP contribution in [0.25, 0.3) is 5.70 Å². The summed E-state index contributed by atoms with van der Waals surface area (Å²) in [6, 6.07) is 16.7. The normalized spacial score (nSPS) is 14.9. The Kier molecular flexibility index (Phi) is 6.61. The number of ketones is 1. The predicted molar refractivity (Wildman–Crippen MR) is 138 cm³/mol. The Labute approximate surface area is 209 Å². The average Bonchev–Trinajstić information content (AvgIpc) is 2.83. The lowest BCUT2D eigenvalue weighted by Gasteiger charge is -2.35. The van der Waals surface area contributed by atoms with E-state index in [0.29, 0.717) is 28.3 Å². The van der Waals surface area contributed by atoms with Gasteiger partial charge in [-0.15, -0.1) is 0 Å². The van der Waals surface area contributed by atoms with E-state index >= 15 is 0 Å². The Morgan fingerprint density at radius 3 is 2.58 bits per heavy atom. The summed E-state index contributed by atoms with van der Waals surface area (Å²) < 4.78 is 5.37. The van der Waals surface area contributed by atoms with Gasteiger partial charge in [0, 0.05) is 51.3 Å². The van der Waals surface area contributed by atoms with E-state index in [4.69, 9.17) is 4.74 Å². The number of allylic oxidation sites excluding steroid dienone is 1. The van der Waals surface area contributed by atoms with Crippen LogP contribution in [0, 0.1) is 17.0 Å². The van der Waals surface area contributed by atoms with Gasteiger partial charge in [-0.3, -0.25) is 19.7 Å². The summed E-state index contributed by atoms with van der Waals surface area (Å²) in [5.74, 6) is -0.0292. The molecule has 0 atom stereocenters. The Morgan fingerprint density at radius 2 is 1.86 bits per heavy atom. The minimum Gasteiger partial charge on any atom is -0.497 e. The van der Waals surface area contributed by atoms with E-state index in [0.717, 1.165) is 17.5 Å². The van der Waals surface area contributed by atoms with Gasteiger partial charge in [0.15, 0.2) is 5.78 Å². The summed E-state index contributed by atoms with van der Waals surface area (Å²) in [5, 5.41) is 17.4. The van der Waals surface area contributed by atoms with Gasteiger partial charge in [-0.2, -0.15) is 0 Å². The van der Waals surface area contributed by atoms with Gasteiger partial charge in [-0.1, -0.05) is 24.3 Å². The van der Waals surface area contributed by atoms with Crippen molar-refractivity contribution in [3.63, 3.8) is 0 Å². The topological polar surface area (TPSA) is 111 Å². The number of nitrogens with one attached hydrogen (secondary N) is 2. The monoisotopic (exact) mass is 485 g/mol. The Hall–Kier alpha value is -4.46. The van der Waals surface area contributed by atoms with E-state index in [9.17, 15) is 19.7 Å². The number of aryl methyl sites for hydroxylation is 1. The third-order valence-electron chi connectivity index (χ3n) is 6.06. The highest BCUT2D eigenvalue weighted by molar-refractivity contribution is 6.10. The first-order chi connectivity index (χ1) is 17.1. The Morgan fingerprint density at radius 1 is 1.08 bits per heavy atom. The molecule has 0 fully saturated rings. The fourth-order valence-corrected chi connectivity index (χ4v) is 4.27. The second kappa shape index (κ2) is 9.65. The molecule has 0 saturated heterocycles. The van der Waals surface area contributed by atoms with Crippen molar-refractivity contribution in [1.82, 2.24) is 5.32 Å². The molecule has 0 aliphatic carbocycles. The molecule has 0 unspecified atom stereocenters. The van der Waals surface area contributed by atoms with Crippen LogP contribution >= 0.6 is 0 Å². The van der Waals surface area contributed by atoms with Gasteiger partial charge in [0.1, 0.15) is 5.75 Å².